The van der Waals surface area contributed by atoms with Crippen molar-refractivity contribution < 1.29 is 9.90 Å². The number of hydrogen-bond acceptors (Lipinski definition) is 7. The van der Waals surface area contributed by atoms with Crippen LogP contribution in [0.5, 0.6) is 5.75 Å². The number of rotatable bonds is 5. The van der Waals surface area contributed by atoms with E-state index < -0.39 is 0 Å². The lowest BCUT2D eigenvalue weighted by Gasteiger charge is -2.18. The number of aromatic hydroxyl groups is 1. The largest absolute Gasteiger partial charge is 0.508 e. The summed E-state index contributed by atoms with van der Waals surface area (Å²) in [6.07, 6.45) is 4.40. The molecule has 0 radical (unpaired) electrons. The molecule has 0 aliphatic carbocycles. The molecule has 10 heteroatoms. The SMILES string of the molecule is CN1C(=O)CC(Cc2ccc(O)cc2)c2nnc3cc(-c4ccnc(Nc5ccnn5C)c4)cc1n23. The molecule has 36 heavy (non-hydrogen) atoms. The molecule has 10 nitrogen and oxygen atoms in total. The van der Waals surface area contributed by atoms with Gasteiger partial charge in [-0.25, -0.2) is 4.98 Å². The predicted octanol–water partition coefficient (Wildman–Crippen LogP) is 3.67. The Morgan fingerprint density at radius 1 is 1.00 bits per heavy atom. The van der Waals surface area contributed by atoms with Crippen LogP contribution in [-0.2, 0) is 18.3 Å². The Morgan fingerprint density at radius 3 is 2.61 bits per heavy atom. The summed E-state index contributed by atoms with van der Waals surface area (Å²) in [4.78, 5) is 19.3. The van der Waals surface area contributed by atoms with E-state index in [-0.39, 0.29) is 17.6 Å². The van der Waals surface area contributed by atoms with E-state index in [4.69, 9.17) is 0 Å². The minimum Gasteiger partial charge on any atom is -0.508 e. The molecule has 0 bridgehead atoms. The maximum absolute atomic E-state index is 13.2. The molecule has 5 aromatic rings. The Labute approximate surface area is 206 Å². The highest BCUT2D eigenvalue weighted by Gasteiger charge is 2.30. The fourth-order valence-electron chi connectivity index (χ4n) is 4.65. The smallest absolute Gasteiger partial charge is 0.228 e. The third-order valence-electron chi connectivity index (χ3n) is 6.60. The number of nitrogens with one attached hydrogen (secondary N) is 1. The first-order valence-corrected chi connectivity index (χ1v) is 11.6. The van der Waals surface area contributed by atoms with E-state index in [0.717, 1.165) is 34.2 Å². The number of pyridine rings is 2. The Bertz CT molecular complexity index is 1590. The van der Waals surface area contributed by atoms with Crippen LogP contribution < -0.4 is 10.2 Å². The van der Waals surface area contributed by atoms with Gasteiger partial charge in [0, 0.05) is 38.7 Å². The topological polar surface area (TPSA) is 113 Å². The average Bonchev–Trinajstić information content (AvgIpc) is 3.47. The van der Waals surface area contributed by atoms with Gasteiger partial charge in [0.1, 0.15) is 29.0 Å². The second kappa shape index (κ2) is 8.49. The molecular weight excluding hydrogens is 456 g/mol. The van der Waals surface area contributed by atoms with Crippen molar-refractivity contribution in [2.45, 2.75) is 18.8 Å². The minimum atomic E-state index is -0.137. The molecule has 4 aromatic heterocycles. The zero-order valence-corrected chi connectivity index (χ0v) is 19.8. The van der Waals surface area contributed by atoms with Gasteiger partial charge >= 0.3 is 0 Å². The van der Waals surface area contributed by atoms with Crippen LogP contribution in [-0.4, -0.2) is 47.4 Å². The first kappa shape index (κ1) is 21.8. The Morgan fingerprint density at radius 2 is 1.83 bits per heavy atom. The summed E-state index contributed by atoms with van der Waals surface area (Å²) in [5, 5.41) is 26.1. The van der Waals surface area contributed by atoms with Crippen LogP contribution in [0.15, 0.2) is 67.0 Å². The van der Waals surface area contributed by atoms with Crippen LogP contribution in [0.4, 0.5) is 17.5 Å². The number of hydrogen-bond donors (Lipinski definition) is 2. The number of amides is 1. The number of phenols is 1. The maximum atomic E-state index is 13.2. The number of benzene rings is 1. The van der Waals surface area contributed by atoms with E-state index in [1.807, 2.05) is 53.9 Å². The van der Waals surface area contributed by atoms with Crippen molar-refractivity contribution >= 4 is 29.0 Å². The Hall–Kier alpha value is -4.73. The zero-order valence-electron chi connectivity index (χ0n) is 19.8. The molecule has 1 amide bonds. The molecule has 1 aliphatic rings. The van der Waals surface area contributed by atoms with Crippen molar-refractivity contribution in [3.8, 4) is 16.9 Å². The van der Waals surface area contributed by atoms with Gasteiger partial charge in [0.05, 0.1) is 6.20 Å². The lowest BCUT2D eigenvalue weighted by molar-refractivity contribution is -0.118. The monoisotopic (exact) mass is 480 g/mol. The van der Waals surface area contributed by atoms with E-state index in [0.29, 0.717) is 24.3 Å². The van der Waals surface area contributed by atoms with Crippen LogP contribution in [0.3, 0.4) is 0 Å². The van der Waals surface area contributed by atoms with Crippen LogP contribution in [0.2, 0.25) is 0 Å². The van der Waals surface area contributed by atoms with Gasteiger partial charge in [-0.3, -0.25) is 13.9 Å². The van der Waals surface area contributed by atoms with Crippen molar-refractivity contribution in [2.75, 3.05) is 17.3 Å². The number of anilines is 3. The summed E-state index contributed by atoms with van der Waals surface area (Å²) in [5.74, 6) is 3.08. The fourth-order valence-corrected chi connectivity index (χ4v) is 4.65. The first-order chi connectivity index (χ1) is 17.5. The molecule has 2 N–H and O–H groups in total. The molecule has 0 spiro atoms. The standard InChI is InChI=1S/C26H24N8O2/c1-32-24-14-18(17-7-9-27-21(12-17)29-22-8-10-28-33(22)2)13-23-30-31-26(34(23)24)19(15-25(32)36)11-16-3-5-20(35)6-4-16/h3-10,12-14,19,35H,11,15H2,1-2H3,(H,27,29). The van der Waals surface area contributed by atoms with Crippen LogP contribution in [0.25, 0.3) is 16.8 Å². The maximum Gasteiger partial charge on any atom is 0.228 e. The summed E-state index contributed by atoms with van der Waals surface area (Å²) in [6, 6.07) is 16.8. The highest BCUT2D eigenvalue weighted by atomic mass is 16.3. The molecule has 1 aliphatic heterocycles. The summed E-state index contributed by atoms with van der Waals surface area (Å²) in [7, 11) is 3.65. The average molecular weight is 481 g/mol. The number of aryl methyl sites for hydroxylation is 1. The number of carbonyl (C=O) groups is 1. The van der Waals surface area contributed by atoms with Gasteiger partial charge in [0.15, 0.2) is 5.65 Å². The van der Waals surface area contributed by atoms with Crippen LogP contribution >= 0.6 is 0 Å². The van der Waals surface area contributed by atoms with Crippen molar-refractivity contribution in [1.29, 1.82) is 0 Å². The van der Waals surface area contributed by atoms with E-state index in [9.17, 15) is 9.90 Å². The molecule has 0 fully saturated rings. The van der Waals surface area contributed by atoms with Gasteiger partial charge in [-0.1, -0.05) is 12.1 Å². The number of phenolic OH excluding ortho intramolecular Hbond substituents is 1. The van der Waals surface area contributed by atoms with E-state index >= 15 is 0 Å². The summed E-state index contributed by atoms with van der Waals surface area (Å²) in [5.41, 5.74) is 3.54. The van der Waals surface area contributed by atoms with Crippen molar-refractivity contribution in [3.63, 3.8) is 0 Å². The third-order valence-corrected chi connectivity index (χ3v) is 6.60. The molecule has 5 heterocycles. The van der Waals surface area contributed by atoms with Crippen LogP contribution in [0, 0.1) is 0 Å². The normalized spacial score (nSPS) is 15.3. The zero-order chi connectivity index (χ0) is 24.8. The molecule has 180 valence electrons. The third kappa shape index (κ3) is 3.82. The molecule has 0 saturated heterocycles. The molecule has 1 unspecified atom stereocenters. The molecule has 1 aromatic carbocycles. The van der Waals surface area contributed by atoms with E-state index in [1.54, 1.807) is 41.2 Å². The van der Waals surface area contributed by atoms with Crippen molar-refractivity contribution in [1.82, 2.24) is 29.4 Å². The fraction of sp³-hybridized carbons (Fsp3) is 0.192. The Balaban J connectivity index is 1.40. The predicted molar refractivity (Wildman–Crippen MR) is 135 cm³/mol. The summed E-state index contributed by atoms with van der Waals surface area (Å²) >= 11 is 0. The van der Waals surface area contributed by atoms with Gasteiger partial charge in [0.2, 0.25) is 5.91 Å². The summed E-state index contributed by atoms with van der Waals surface area (Å²) < 4.78 is 3.70. The second-order valence-corrected chi connectivity index (χ2v) is 8.97. The van der Waals surface area contributed by atoms with Crippen molar-refractivity contribution in [2.24, 2.45) is 7.05 Å². The number of carbonyl (C=O) groups excluding carboxylic acids is 1. The van der Waals surface area contributed by atoms with Crippen LogP contribution in [0.1, 0.15) is 23.7 Å². The van der Waals surface area contributed by atoms with Gasteiger partial charge in [-0.2, -0.15) is 5.10 Å². The highest BCUT2D eigenvalue weighted by molar-refractivity contribution is 5.94. The lowest BCUT2D eigenvalue weighted by atomic mass is 9.95. The van der Waals surface area contributed by atoms with E-state index in [2.05, 4.69) is 25.6 Å². The van der Waals surface area contributed by atoms with Gasteiger partial charge in [-0.05, 0) is 59.5 Å². The number of nitrogens with zero attached hydrogens (tertiary/aromatic N) is 7. The summed E-state index contributed by atoms with van der Waals surface area (Å²) in [6.45, 7) is 0. The number of aromatic nitrogens is 6. The highest BCUT2D eigenvalue weighted by Crippen LogP contribution is 2.35. The molecular formula is C26H24N8O2. The van der Waals surface area contributed by atoms with Gasteiger partial charge < -0.3 is 15.3 Å². The lowest BCUT2D eigenvalue weighted by Crippen LogP contribution is -2.27. The van der Waals surface area contributed by atoms with Gasteiger partial charge in [-0.15, -0.1) is 10.2 Å². The van der Waals surface area contributed by atoms with Crippen molar-refractivity contribution in [3.05, 3.63) is 78.4 Å². The Kier molecular flexibility index (Phi) is 5.14. The second-order valence-electron chi connectivity index (χ2n) is 8.97. The molecule has 6 rings (SSSR count). The minimum absolute atomic E-state index is 0.0102. The molecule has 1 atom stereocenters. The quantitative estimate of drug-likeness (QED) is 0.395. The van der Waals surface area contributed by atoms with E-state index in [1.165, 1.54) is 0 Å². The first-order valence-electron chi connectivity index (χ1n) is 11.6. The molecule has 0 saturated carbocycles. The van der Waals surface area contributed by atoms with Gasteiger partial charge in [0.25, 0.3) is 0 Å².